The number of hydrazine groups is 1. The first kappa shape index (κ1) is 24.6. The number of hydrogen-bond acceptors (Lipinski definition) is 8. The monoisotopic (exact) mass is 445 g/mol. The molecular formula is C22H29N4O6+. The van der Waals surface area contributed by atoms with Crippen LogP contribution in [0.1, 0.15) is 39.2 Å². The summed E-state index contributed by atoms with van der Waals surface area (Å²) in [6.45, 7) is 7.10. The van der Waals surface area contributed by atoms with Crippen LogP contribution in [0.4, 0.5) is 5.69 Å². The maximum atomic E-state index is 13.2. The van der Waals surface area contributed by atoms with Gasteiger partial charge in [-0.2, -0.15) is 0 Å². The zero-order valence-corrected chi connectivity index (χ0v) is 19.2. The highest BCUT2D eigenvalue weighted by Crippen LogP contribution is 2.40. The van der Waals surface area contributed by atoms with E-state index in [0.29, 0.717) is 17.1 Å². The fourth-order valence-electron chi connectivity index (χ4n) is 3.60. The van der Waals surface area contributed by atoms with Gasteiger partial charge < -0.3 is 9.47 Å². The van der Waals surface area contributed by atoms with Gasteiger partial charge in [-0.1, -0.05) is 12.1 Å². The van der Waals surface area contributed by atoms with Gasteiger partial charge in [0.1, 0.15) is 11.3 Å². The molecule has 0 aliphatic carbocycles. The van der Waals surface area contributed by atoms with Gasteiger partial charge >= 0.3 is 17.8 Å². The van der Waals surface area contributed by atoms with Gasteiger partial charge in [0.15, 0.2) is 0 Å². The molecule has 10 heteroatoms. The molecule has 32 heavy (non-hydrogen) atoms. The number of hydrazone groups is 1. The van der Waals surface area contributed by atoms with Gasteiger partial charge in [0.2, 0.25) is 0 Å². The van der Waals surface area contributed by atoms with Crippen molar-refractivity contribution in [2.24, 2.45) is 0 Å². The van der Waals surface area contributed by atoms with E-state index in [1.165, 1.54) is 18.2 Å². The third kappa shape index (κ3) is 4.96. The molecule has 1 unspecified atom stereocenters. The number of hydrogen-bond donors (Lipinski definition) is 1. The van der Waals surface area contributed by atoms with Crippen molar-refractivity contribution in [2.75, 3.05) is 27.3 Å². The zero-order chi connectivity index (χ0) is 24.0. The van der Waals surface area contributed by atoms with Crippen LogP contribution >= 0.6 is 0 Å². The number of nitrogens with one attached hydrogen (secondary N) is 1. The Morgan fingerprint density at radius 2 is 1.75 bits per heavy atom. The lowest BCUT2D eigenvalue weighted by atomic mass is 9.81. The molecule has 1 atom stereocenters. The molecule has 10 nitrogen and oxygen atoms in total. The molecule has 1 aliphatic heterocycles. The lowest BCUT2D eigenvalue weighted by molar-refractivity contribution is -0.639. The van der Waals surface area contributed by atoms with Crippen molar-refractivity contribution in [3.8, 4) is 0 Å². The minimum absolute atomic E-state index is 0.118. The molecule has 0 amide bonds. The van der Waals surface area contributed by atoms with Gasteiger partial charge in [0, 0.05) is 26.2 Å². The maximum Gasteiger partial charge on any atom is 0.343 e. The topological polar surface area (TPSA) is 114 Å². The molecule has 0 fully saturated rings. The number of nitro groups is 1. The van der Waals surface area contributed by atoms with E-state index in [1.54, 1.807) is 63.8 Å². The van der Waals surface area contributed by atoms with Crippen molar-refractivity contribution in [3.63, 3.8) is 0 Å². The molecule has 1 aromatic rings. The number of allylic oxidation sites excluding steroid dienone is 1. The van der Waals surface area contributed by atoms with Gasteiger partial charge in [-0.05, 0) is 33.3 Å². The number of carbonyl (C=O) groups is 2. The van der Waals surface area contributed by atoms with Gasteiger partial charge in [0.05, 0.1) is 35.8 Å². The first-order valence-electron chi connectivity index (χ1n) is 10.2. The normalized spacial score (nSPS) is 16.4. The lowest BCUT2D eigenvalue weighted by Crippen LogP contribution is -2.41. The van der Waals surface area contributed by atoms with Crippen molar-refractivity contribution < 1.29 is 28.7 Å². The first-order chi connectivity index (χ1) is 15.2. The van der Waals surface area contributed by atoms with Crippen LogP contribution in [0.3, 0.4) is 0 Å². The third-order valence-corrected chi connectivity index (χ3v) is 4.85. The standard InChI is InChI=1S/C22H28N4O6/c1-7-25(24(5)6)20-19(22(28)32-9-3)18(15-11-10-12-16(13-15)26(29)30)17(14(4)23-20)21(27)31-8-2/h7,10-13,18H,8-9H2,1-6H3/p+1. The Labute approximate surface area is 186 Å². The molecular weight excluding hydrogens is 416 g/mol. The van der Waals surface area contributed by atoms with Gasteiger partial charge in [-0.15, -0.1) is 4.68 Å². The predicted octanol–water partition coefficient (Wildman–Crippen LogP) is 2.47. The van der Waals surface area contributed by atoms with E-state index >= 15 is 0 Å². The SMILES string of the molecule is CC=[N+](C1=C(C(=O)OCC)C(c2cccc([N+](=O)[O-])c2)C(C(=O)OCC)=C(C)N1)N(C)C. The Morgan fingerprint density at radius 1 is 1.16 bits per heavy atom. The average Bonchev–Trinajstić information content (AvgIpc) is 2.73. The fourth-order valence-corrected chi connectivity index (χ4v) is 3.60. The molecule has 1 heterocycles. The van der Waals surface area contributed by atoms with Gasteiger partial charge in [-0.25, -0.2) is 19.9 Å². The van der Waals surface area contributed by atoms with E-state index in [-0.39, 0.29) is 30.0 Å². The summed E-state index contributed by atoms with van der Waals surface area (Å²) in [5.74, 6) is -1.81. The number of esters is 2. The molecule has 1 aromatic carbocycles. The second-order valence-electron chi connectivity index (χ2n) is 7.10. The van der Waals surface area contributed by atoms with Gasteiger partial charge in [0.25, 0.3) is 5.69 Å². The fraction of sp³-hybridized carbons (Fsp3) is 0.409. The van der Waals surface area contributed by atoms with E-state index in [2.05, 4.69) is 5.32 Å². The number of nitro benzene ring substituents is 1. The summed E-state index contributed by atoms with van der Waals surface area (Å²) in [6.07, 6.45) is 1.74. The van der Waals surface area contributed by atoms with Crippen LogP contribution < -0.4 is 5.32 Å². The highest BCUT2D eigenvalue weighted by atomic mass is 16.6. The second kappa shape index (κ2) is 10.6. The van der Waals surface area contributed by atoms with Crippen molar-refractivity contribution in [1.29, 1.82) is 0 Å². The Bertz CT molecular complexity index is 1010. The Kier molecular flexibility index (Phi) is 8.11. The van der Waals surface area contributed by atoms with Crippen LogP contribution in [0.25, 0.3) is 0 Å². The van der Waals surface area contributed by atoms with Crippen molar-refractivity contribution in [2.45, 2.75) is 33.6 Å². The van der Waals surface area contributed by atoms with E-state index in [0.717, 1.165) is 0 Å². The maximum absolute atomic E-state index is 13.2. The number of non-ortho nitro benzene ring substituents is 1. The predicted molar refractivity (Wildman–Crippen MR) is 118 cm³/mol. The number of carbonyl (C=O) groups excluding carboxylic acids is 2. The highest BCUT2D eigenvalue weighted by Gasteiger charge is 2.44. The van der Waals surface area contributed by atoms with Crippen molar-refractivity contribution >= 4 is 23.8 Å². The van der Waals surface area contributed by atoms with Crippen LogP contribution in [0.5, 0.6) is 0 Å². The third-order valence-electron chi connectivity index (χ3n) is 4.85. The highest BCUT2D eigenvalue weighted by molar-refractivity contribution is 5.99. The van der Waals surface area contributed by atoms with Crippen molar-refractivity contribution in [1.82, 2.24) is 10.3 Å². The summed E-state index contributed by atoms with van der Waals surface area (Å²) >= 11 is 0. The molecule has 0 aromatic heterocycles. The van der Waals surface area contributed by atoms with Crippen LogP contribution in [0.15, 0.2) is 46.9 Å². The van der Waals surface area contributed by atoms with E-state index in [9.17, 15) is 19.7 Å². The Hall–Kier alpha value is -3.69. The number of nitrogens with zero attached hydrogens (tertiary/aromatic N) is 3. The van der Waals surface area contributed by atoms with Crippen molar-refractivity contribution in [3.05, 3.63) is 62.6 Å². The summed E-state index contributed by atoms with van der Waals surface area (Å²) in [7, 11) is 3.58. The summed E-state index contributed by atoms with van der Waals surface area (Å²) in [6, 6.07) is 5.87. The Balaban J connectivity index is 2.90. The first-order valence-corrected chi connectivity index (χ1v) is 10.2. The number of dihydropyridines is 1. The average molecular weight is 445 g/mol. The summed E-state index contributed by atoms with van der Waals surface area (Å²) < 4.78 is 12.3. The molecule has 172 valence electrons. The quantitative estimate of drug-likeness (QED) is 0.213. The molecule has 1 aliphatic rings. The summed E-state index contributed by atoms with van der Waals surface area (Å²) in [4.78, 5) is 37.0. The molecule has 0 bridgehead atoms. The van der Waals surface area contributed by atoms with Crippen LogP contribution in [-0.4, -0.2) is 60.1 Å². The molecule has 0 spiro atoms. The Morgan fingerprint density at radius 3 is 2.25 bits per heavy atom. The largest absolute Gasteiger partial charge is 0.462 e. The molecule has 0 saturated carbocycles. The van der Waals surface area contributed by atoms with E-state index in [4.69, 9.17) is 9.47 Å². The summed E-state index contributed by atoms with van der Waals surface area (Å²) in [5, 5.41) is 16.3. The minimum Gasteiger partial charge on any atom is -0.462 e. The lowest BCUT2D eigenvalue weighted by Gasteiger charge is -2.29. The number of rotatable bonds is 8. The smallest absolute Gasteiger partial charge is 0.343 e. The summed E-state index contributed by atoms with van der Waals surface area (Å²) in [5.41, 5.74) is 1.05. The number of ether oxygens (including phenoxy) is 2. The second-order valence-corrected chi connectivity index (χ2v) is 7.10. The van der Waals surface area contributed by atoms with Crippen LogP contribution in [-0.2, 0) is 19.1 Å². The van der Waals surface area contributed by atoms with E-state index in [1.807, 2.05) is 0 Å². The minimum atomic E-state index is -0.938. The van der Waals surface area contributed by atoms with Crippen LogP contribution in [0.2, 0.25) is 0 Å². The molecule has 0 saturated heterocycles. The molecule has 0 radical (unpaired) electrons. The molecule has 1 N–H and O–H groups in total. The van der Waals surface area contributed by atoms with Gasteiger partial charge in [-0.3, -0.25) is 10.1 Å². The molecule has 2 rings (SSSR count). The number of benzene rings is 1. The van der Waals surface area contributed by atoms with E-state index < -0.39 is 22.8 Å². The zero-order valence-electron chi connectivity index (χ0n) is 19.2. The van der Waals surface area contributed by atoms with Crippen LogP contribution in [0, 0.1) is 10.1 Å².